The zero-order chi connectivity index (χ0) is 17.5. The van der Waals surface area contributed by atoms with E-state index in [9.17, 15) is 9.18 Å². The summed E-state index contributed by atoms with van der Waals surface area (Å²) in [6.45, 7) is 0. The van der Waals surface area contributed by atoms with Crippen molar-refractivity contribution in [1.29, 1.82) is 0 Å². The van der Waals surface area contributed by atoms with Crippen molar-refractivity contribution in [2.75, 3.05) is 0 Å². The van der Waals surface area contributed by atoms with Gasteiger partial charge in [-0.3, -0.25) is 9.78 Å². The Morgan fingerprint density at radius 3 is 2.32 bits per heavy atom. The van der Waals surface area contributed by atoms with Gasteiger partial charge in [-0.2, -0.15) is 0 Å². The summed E-state index contributed by atoms with van der Waals surface area (Å²) in [5, 5.41) is 0. The highest BCUT2D eigenvalue weighted by molar-refractivity contribution is 5.80. The molecule has 2 nitrogen and oxygen atoms in total. The minimum absolute atomic E-state index is 0.211. The molecule has 0 radical (unpaired) electrons. The number of pyridine rings is 1. The van der Waals surface area contributed by atoms with E-state index in [4.69, 9.17) is 0 Å². The lowest BCUT2D eigenvalue weighted by molar-refractivity contribution is -0.118. The summed E-state index contributed by atoms with van der Waals surface area (Å²) >= 11 is 0. The largest absolute Gasteiger partial charge is 0.299 e. The number of hydrogen-bond acceptors (Lipinski definition) is 2. The van der Waals surface area contributed by atoms with Gasteiger partial charge in [0.15, 0.2) is 0 Å². The summed E-state index contributed by atoms with van der Waals surface area (Å²) in [6, 6.07) is 18.4. The molecule has 1 heterocycles. The maximum Gasteiger partial charge on any atom is 0.137 e. The number of Topliss-reactive ketones (excluding diaryl/α,β-unsaturated/α-hetero) is 1. The first kappa shape index (κ1) is 17.0. The number of aromatic nitrogens is 1. The Labute approximate surface area is 147 Å². The van der Waals surface area contributed by atoms with E-state index in [0.717, 1.165) is 29.5 Å². The van der Waals surface area contributed by atoms with Crippen LogP contribution in [0.1, 0.15) is 24.0 Å². The van der Waals surface area contributed by atoms with E-state index in [0.29, 0.717) is 18.4 Å². The number of ketones is 1. The first-order valence-corrected chi connectivity index (χ1v) is 8.47. The topological polar surface area (TPSA) is 30.0 Å². The van der Waals surface area contributed by atoms with E-state index >= 15 is 0 Å². The van der Waals surface area contributed by atoms with Crippen LogP contribution in [0.3, 0.4) is 0 Å². The number of nitrogens with zero attached hydrogens (tertiary/aromatic N) is 1. The van der Waals surface area contributed by atoms with E-state index in [-0.39, 0.29) is 11.6 Å². The predicted molar refractivity (Wildman–Crippen MR) is 97.7 cm³/mol. The van der Waals surface area contributed by atoms with Crippen molar-refractivity contribution < 1.29 is 9.18 Å². The standard InChI is InChI=1S/C22H20FNO/c23-22-7-2-1-6-21(22)19-10-8-17(9-11-19)4-3-5-20(25)16-18-12-14-24-15-13-18/h1-2,6-15H,3-5,16H2. The second kappa shape index (κ2) is 8.34. The Balaban J connectivity index is 1.51. The van der Waals surface area contributed by atoms with Gasteiger partial charge in [0.25, 0.3) is 0 Å². The van der Waals surface area contributed by atoms with E-state index in [1.165, 1.54) is 6.07 Å². The summed E-state index contributed by atoms with van der Waals surface area (Å²) in [7, 11) is 0. The highest BCUT2D eigenvalue weighted by atomic mass is 19.1. The fourth-order valence-corrected chi connectivity index (χ4v) is 2.85. The van der Waals surface area contributed by atoms with Crippen molar-refractivity contribution in [1.82, 2.24) is 4.98 Å². The molecule has 0 atom stereocenters. The smallest absolute Gasteiger partial charge is 0.137 e. The molecule has 3 heteroatoms. The molecule has 3 aromatic rings. The summed E-state index contributed by atoms with van der Waals surface area (Å²) in [5.74, 6) is 0.0335. The Morgan fingerprint density at radius 1 is 0.880 bits per heavy atom. The van der Waals surface area contributed by atoms with Gasteiger partial charge in [0, 0.05) is 30.8 Å². The number of carbonyl (C=O) groups excluding carboxylic acids is 1. The normalized spacial score (nSPS) is 10.6. The van der Waals surface area contributed by atoms with Gasteiger partial charge in [-0.05, 0) is 47.7 Å². The van der Waals surface area contributed by atoms with Gasteiger partial charge in [0.1, 0.15) is 11.6 Å². The third-order valence-corrected chi connectivity index (χ3v) is 4.21. The molecule has 0 bridgehead atoms. The number of benzene rings is 2. The number of carbonyl (C=O) groups is 1. The molecule has 1 aromatic heterocycles. The fraction of sp³-hybridized carbons (Fsp3) is 0.182. The lowest BCUT2D eigenvalue weighted by Gasteiger charge is -2.06. The molecule has 0 saturated heterocycles. The quantitative estimate of drug-likeness (QED) is 0.607. The molecule has 0 aliphatic heterocycles. The van der Waals surface area contributed by atoms with Gasteiger partial charge in [0.05, 0.1) is 0 Å². The summed E-state index contributed by atoms with van der Waals surface area (Å²) in [5.41, 5.74) is 3.66. The molecular formula is C22H20FNO. The monoisotopic (exact) mass is 333 g/mol. The summed E-state index contributed by atoms with van der Waals surface area (Å²) < 4.78 is 13.8. The van der Waals surface area contributed by atoms with Crippen molar-refractivity contribution in [3.63, 3.8) is 0 Å². The molecule has 0 N–H and O–H groups in total. The molecule has 3 rings (SSSR count). The number of aryl methyl sites for hydroxylation is 1. The van der Waals surface area contributed by atoms with Crippen LogP contribution in [0, 0.1) is 5.82 Å². The molecule has 0 fully saturated rings. The number of rotatable bonds is 7. The van der Waals surface area contributed by atoms with Crippen molar-refractivity contribution in [3.8, 4) is 11.1 Å². The summed E-state index contributed by atoms with van der Waals surface area (Å²) in [6.07, 6.45) is 6.12. The van der Waals surface area contributed by atoms with Crippen LogP contribution < -0.4 is 0 Å². The van der Waals surface area contributed by atoms with Crippen LogP contribution in [0.5, 0.6) is 0 Å². The first-order chi connectivity index (χ1) is 12.2. The van der Waals surface area contributed by atoms with E-state index in [2.05, 4.69) is 4.98 Å². The molecule has 25 heavy (non-hydrogen) atoms. The predicted octanol–water partition coefficient (Wildman–Crippen LogP) is 5.02. The van der Waals surface area contributed by atoms with Crippen LogP contribution in [0.15, 0.2) is 73.1 Å². The number of halogens is 1. The molecule has 0 unspecified atom stereocenters. The van der Waals surface area contributed by atoms with Crippen LogP contribution in [0.2, 0.25) is 0 Å². The van der Waals surface area contributed by atoms with Gasteiger partial charge in [-0.15, -0.1) is 0 Å². The molecule has 0 aliphatic carbocycles. The van der Waals surface area contributed by atoms with E-state index < -0.39 is 0 Å². The maximum absolute atomic E-state index is 13.8. The maximum atomic E-state index is 13.8. The Hall–Kier alpha value is -2.81. The van der Waals surface area contributed by atoms with E-state index in [1.807, 2.05) is 42.5 Å². The molecular weight excluding hydrogens is 313 g/mol. The van der Waals surface area contributed by atoms with Gasteiger partial charge in [0.2, 0.25) is 0 Å². The average molecular weight is 333 g/mol. The average Bonchev–Trinajstić information content (AvgIpc) is 2.64. The van der Waals surface area contributed by atoms with Crippen molar-refractivity contribution >= 4 is 5.78 Å². The van der Waals surface area contributed by atoms with Crippen LogP contribution in [0.4, 0.5) is 4.39 Å². The minimum Gasteiger partial charge on any atom is -0.299 e. The van der Waals surface area contributed by atoms with E-state index in [1.54, 1.807) is 24.5 Å². The third-order valence-electron chi connectivity index (χ3n) is 4.21. The number of hydrogen-bond donors (Lipinski definition) is 0. The lowest BCUT2D eigenvalue weighted by atomic mass is 10.00. The molecule has 0 amide bonds. The van der Waals surface area contributed by atoms with Gasteiger partial charge in [-0.1, -0.05) is 42.5 Å². The van der Waals surface area contributed by atoms with Crippen molar-refractivity contribution in [2.24, 2.45) is 0 Å². The fourth-order valence-electron chi connectivity index (χ4n) is 2.85. The van der Waals surface area contributed by atoms with Crippen molar-refractivity contribution in [2.45, 2.75) is 25.7 Å². The molecule has 0 spiro atoms. The highest BCUT2D eigenvalue weighted by Gasteiger charge is 2.06. The molecule has 2 aromatic carbocycles. The van der Waals surface area contributed by atoms with Crippen LogP contribution in [-0.4, -0.2) is 10.8 Å². The second-order valence-corrected chi connectivity index (χ2v) is 6.10. The molecule has 0 saturated carbocycles. The SMILES string of the molecule is O=C(CCCc1ccc(-c2ccccc2F)cc1)Cc1ccncc1. The van der Waals surface area contributed by atoms with Crippen molar-refractivity contribution in [3.05, 3.63) is 90.0 Å². The zero-order valence-corrected chi connectivity index (χ0v) is 14.0. The Bertz CT molecular complexity index is 828. The van der Waals surface area contributed by atoms with Crippen LogP contribution in [0.25, 0.3) is 11.1 Å². The Kier molecular flexibility index (Phi) is 5.68. The summed E-state index contributed by atoms with van der Waals surface area (Å²) in [4.78, 5) is 16.0. The van der Waals surface area contributed by atoms with Gasteiger partial charge < -0.3 is 0 Å². The zero-order valence-electron chi connectivity index (χ0n) is 14.0. The first-order valence-electron chi connectivity index (χ1n) is 8.47. The van der Waals surface area contributed by atoms with Gasteiger partial charge in [-0.25, -0.2) is 4.39 Å². The third kappa shape index (κ3) is 4.83. The van der Waals surface area contributed by atoms with Crippen LogP contribution in [-0.2, 0) is 17.6 Å². The van der Waals surface area contributed by atoms with Gasteiger partial charge >= 0.3 is 0 Å². The van der Waals surface area contributed by atoms with Crippen LogP contribution >= 0.6 is 0 Å². The highest BCUT2D eigenvalue weighted by Crippen LogP contribution is 2.23. The Morgan fingerprint density at radius 2 is 1.60 bits per heavy atom. The molecule has 0 aliphatic rings. The molecule has 126 valence electrons. The second-order valence-electron chi connectivity index (χ2n) is 6.10. The minimum atomic E-state index is -0.211. The lowest BCUT2D eigenvalue weighted by Crippen LogP contribution is -2.03.